The minimum atomic E-state index is -0.887. The van der Waals surface area contributed by atoms with Gasteiger partial charge < -0.3 is 23.8 Å². The van der Waals surface area contributed by atoms with Gasteiger partial charge >= 0.3 is 17.9 Å². The van der Waals surface area contributed by atoms with Crippen molar-refractivity contribution < 1.29 is 38.2 Å². The van der Waals surface area contributed by atoms with E-state index < -0.39 is 18.1 Å². The molecule has 0 saturated carbocycles. The van der Waals surface area contributed by atoms with Gasteiger partial charge in [-0.25, -0.2) is 4.79 Å². The van der Waals surface area contributed by atoms with Crippen LogP contribution in [0.3, 0.4) is 0 Å². The molecule has 344 valence electrons. The molecule has 0 aliphatic carbocycles. The Kier molecular flexibility index (Phi) is 39.9. The van der Waals surface area contributed by atoms with Crippen LogP contribution in [-0.2, 0) is 28.6 Å². The van der Waals surface area contributed by atoms with Gasteiger partial charge in [0.2, 0.25) is 0 Å². The highest BCUT2D eigenvalue weighted by Crippen LogP contribution is 2.14. The minimum Gasteiger partial charge on any atom is -0.477 e. The van der Waals surface area contributed by atoms with E-state index in [1.54, 1.807) is 0 Å². The van der Waals surface area contributed by atoms with Crippen molar-refractivity contribution in [3.05, 3.63) is 109 Å². The van der Waals surface area contributed by atoms with Crippen LogP contribution in [0.4, 0.5) is 0 Å². The van der Waals surface area contributed by atoms with Crippen LogP contribution in [0.1, 0.15) is 155 Å². The number of hydrogen-bond acceptors (Lipinski definition) is 6. The van der Waals surface area contributed by atoms with E-state index in [1.165, 1.54) is 51.4 Å². The van der Waals surface area contributed by atoms with Gasteiger partial charge in [0.15, 0.2) is 12.1 Å². The number of carboxylic acids is 1. The Balaban J connectivity index is 4.40. The number of ether oxygens (including phenoxy) is 3. The van der Waals surface area contributed by atoms with Crippen LogP contribution < -0.4 is 0 Å². The highest BCUT2D eigenvalue weighted by atomic mass is 16.6. The molecule has 0 bridgehead atoms. The molecule has 0 aromatic carbocycles. The zero-order valence-corrected chi connectivity index (χ0v) is 39.1. The van der Waals surface area contributed by atoms with Gasteiger partial charge in [0.1, 0.15) is 6.61 Å². The Morgan fingerprint density at radius 1 is 0.508 bits per heavy atom. The number of likely N-dealkylation sites (N-methyl/N-ethyl adjacent to an activating group) is 1. The fourth-order valence-corrected chi connectivity index (χ4v) is 6.25. The molecule has 0 spiro atoms. The normalized spacial score (nSPS) is 13.9. The summed E-state index contributed by atoms with van der Waals surface area (Å²) in [7, 11) is 5.50. The summed E-state index contributed by atoms with van der Waals surface area (Å²) in [4.78, 5) is 37.1. The smallest absolute Gasteiger partial charge is 0.362 e. The van der Waals surface area contributed by atoms with Crippen LogP contribution >= 0.6 is 0 Å². The van der Waals surface area contributed by atoms with Gasteiger partial charge in [-0.15, -0.1) is 0 Å². The maximum absolute atomic E-state index is 12.8. The molecule has 1 N–H and O–H groups in total. The van der Waals surface area contributed by atoms with E-state index >= 15 is 0 Å². The second kappa shape index (κ2) is 42.7. The zero-order valence-electron chi connectivity index (χ0n) is 39.1. The Morgan fingerprint density at radius 2 is 0.951 bits per heavy atom. The highest BCUT2D eigenvalue weighted by Gasteiger charge is 2.31. The lowest BCUT2D eigenvalue weighted by atomic mass is 10.0. The van der Waals surface area contributed by atoms with E-state index in [0.717, 1.165) is 70.6 Å². The SMILES string of the molecule is CC/C=C/C=C/C=C/C=C/C=C/C=C/CCCCCC(=O)OCC(COCCC(C(=O)O)[N+](C)(C)C)OC(=O)CCCCCCCCCCCC/C=C/C/C=C/C/C=C/CC. The van der Waals surface area contributed by atoms with E-state index in [2.05, 4.69) is 62.5 Å². The van der Waals surface area contributed by atoms with Crippen LogP contribution in [-0.4, -0.2) is 80.6 Å². The highest BCUT2D eigenvalue weighted by molar-refractivity contribution is 5.72. The van der Waals surface area contributed by atoms with Crippen molar-refractivity contribution in [2.75, 3.05) is 41.0 Å². The maximum Gasteiger partial charge on any atom is 0.362 e. The topological polar surface area (TPSA) is 99.1 Å². The quantitative estimate of drug-likeness (QED) is 0.0215. The number of carbonyl (C=O) groups is 3. The fourth-order valence-electron chi connectivity index (χ4n) is 6.25. The fraction of sp³-hybridized carbons (Fsp3) is 0.604. The molecule has 0 fully saturated rings. The molecule has 8 nitrogen and oxygen atoms in total. The molecule has 0 aromatic rings. The number of nitrogens with zero attached hydrogens (tertiary/aromatic N) is 1. The van der Waals surface area contributed by atoms with Crippen molar-refractivity contribution in [1.29, 1.82) is 0 Å². The molecule has 0 saturated heterocycles. The molecule has 0 rings (SSSR count). The predicted octanol–water partition coefficient (Wildman–Crippen LogP) is 13.2. The van der Waals surface area contributed by atoms with E-state index in [-0.39, 0.29) is 36.2 Å². The summed E-state index contributed by atoms with van der Waals surface area (Å²) in [5.41, 5.74) is 0. The molecule has 0 heterocycles. The number of hydrogen-bond donors (Lipinski definition) is 1. The van der Waals surface area contributed by atoms with Crippen molar-refractivity contribution in [1.82, 2.24) is 0 Å². The second-order valence-corrected chi connectivity index (χ2v) is 16.4. The molecule has 0 aliphatic heterocycles. The summed E-state index contributed by atoms with van der Waals surface area (Å²) in [6, 6.07) is -0.629. The van der Waals surface area contributed by atoms with Crippen LogP contribution in [0.5, 0.6) is 0 Å². The van der Waals surface area contributed by atoms with Crippen LogP contribution in [0.15, 0.2) is 109 Å². The van der Waals surface area contributed by atoms with Crippen LogP contribution in [0.25, 0.3) is 0 Å². The average molecular weight is 849 g/mol. The van der Waals surface area contributed by atoms with Gasteiger partial charge in [-0.3, -0.25) is 9.59 Å². The number of quaternary nitrogens is 1. The first-order valence-corrected chi connectivity index (χ1v) is 23.5. The van der Waals surface area contributed by atoms with Gasteiger partial charge in [0.05, 0.1) is 34.4 Å². The largest absolute Gasteiger partial charge is 0.477 e. The minimum absolute atomic E-state index is 0.0375. The molecule has 0 aliphatic rings. The van der Waals surface area contributed by atoms with Crippen LogP contribution in [0.2, 0.25) is 0 Å². The summed E-state index contributed by atoms with van der Waals surface area (Å²) in [5.74, 6) is -1.54. The van der Waals surface area contributed by atoms with Crippen molar-refractivity contribution in [3.8, 4) is 0 Å². The third-order valence-corrected chi connectivity index (χ3v) is 9.83. The molecule has 61 heavy (non-hydrogen) atoms. The molecule has 0 amide bonds. The second-order valence-electron chi connectivity index (χ2n) is 16.4. The first kappa shape index (κ1) is 57.0. The molecule has 0 aromatic heterocycles. The van der Waals surface area contributed by atoms with Crippen molar-refractivity contribution in [2.24, 2.45) is 0 Å². The Hall–Kier alpha value is -4.01. The summed E-state index contributed by atoms with van der Waals surface area (Å²) in [5, 5.41) is 9.64. The summed E-state index contributed by atoms with van der Waals surface area (Å²) in [6.45, 7) is 4.41. The maximum atomic E-state index is 12.8. The van der Waals surface area contributed by atoms with Gasteiger partial charge in [-0.2, -0.15) is 0 Å². The lowest BCUT2D eigenvalue weighted by molar-refractivity contribution is -0.887. The Labute approximate surface area is 372 Å². The number of esters is 2. The molecule has 0 radical (unpaired) electrons. The van der Waals surface area contributed by atoms with Crippen molar-refractivity contribution >= 4 is 17.9 Å². The molecular formula is C53H86NO7+. The number of carboxylic acid groups (broad SMARTS) is 1. The van der Waals surface area contributed by atoms with E-state index in [4.69, 9.17) is 14.2 Å². The molecular weight excluding hydrogens is 763 g/mol. The summed E-state index contributed by atoms with van der Waals surface area (Å²) >= 11 is 0. The lowest BCUT2D eigenvalue weighted by Gasteiger charge is -2.31. The standard InChI is InChI=1S/C53H85NO7/c1-6-8-10-12-14-16-18-20-22-24-25-26-28-30-32-34-36-38-40-42-44-52(56)61-49(47-59-46-45-50(53(57)58)54(3,4)5)48-60-51(55)43-41-39-37-35-33-31-29-27-23-21-19-17-15-13-11-9-7-2/h8-11,13-17,19-23,27,29,31,33,49-50H,6-7,12,18,24-26,28,30,32,34-48H2,1-5H3/p+1/b10-8+,11-9+,15-13+,16-14+,19-17+,22-20+,23-21+,29-27+,33-31+. The molecule has 2 atom stereocenters. The van der Waals surface area contributed by atoms with Crippen molar-refractivity contribution in [3.63, 3.8) is 0 Å². The van der Waals surface area contributed by atoms with Crippen LogP contribution in [0, 0.1) is 0 Å². The van der Waals surface area contributed by atoms with E-state index in [9.17, 15) is 19.5 Å². The monoisotopic (exact) mass is 849 g/mol. The lowest BCUT2D eigenvalue weighted by Crippen LogP contribution is -2.50. The Morgan fingerprint density at radius 3 is 1.49 bits per heavy atom. The predicted molar refractivity (Wildman–Crippen MR) is 256 cm³/mol. The first-order valence-electron chi connectivity index (χ1n) is 23.5. The number of aliphatic carboxylic acids is 1. The van der Waals surface area contributed by atoms with E-state index in [0.29, 0.717) is 19.3 Å². The van der Waals surface area contributed by atoms with Crippen molar-refractivity contribution in [2.45, 2.75) is 167 Å². The van der Waals surface area contributed by atoms with Gasteiger partial charge in [0.25, 0.3) is 0 Å². The number of allylic oxidation sites excluding steroid dienone is 18. The molecule has 8 heteroatoms. The van der Waals surface area contributed by atoms with Gasteiger partial charge in [-0.1, -0.05) is 181 Å². The number of unbranched alkanes of at least 4 members (excludes halogenated alkanes) is 13. The third-order valence-electron chi connectivity index (χ3n) is 9.83. The van der Waals surface area contributed by atoms with Gasteiger partial charge in [0, 0.05) is 19.3 Å². The van der Waals surface area contributed by atoms with Gasteiger partial charge in [-0.05, 0) is 64.2 Å². The molecule has 2 unspecified atom stereocenters. The summed E-state index contributed by atoms with van der Waals surface area (Å²) in [6.07, 6.45) is 58.4. The average Bonchev–Trinajstić information content (AvgIpc) is 3.22. The Bertz CT molecular complexity index is 1360. The van der Waals surface area contributed by atoms with E-state index in [1.807, 2.05) is 81.9 Å². The zero-order chi connectivity index (χ0) is 44.9. The third kappa shape index (κ3) is 41.1. The first-order chi connectivity index (χ1) is 29.6. The number of rotatable bonds is 40. The number of carbonyl (C=O) groups excluding carboxylic acids is 2. The summed E-state index contributed by atoms with van der Waals surface area (Å²) < 4.78 is 17.3.